The lowest BCUT2D eigenvalue weighted by atomic mass is 9.87. The molecule has 0 aromatic heterocycles. The Kier molecular flexibility index (Phi) is 7.44. The predicted molar refractivity (Wildman–Crippen MR) is 104 cm³/mol. The molecule has 138 valence electrons. The molecule has 0 aliphatic heterocycles. The molecule has 2 rings (SSSR count). The van der Waals surface area contributed by atoms with E-state index in [-0.39, 0.29) is 5.57 Å². The van der Waals surface area contributed by atoms with E-state index >= 15 is 0 Å². The molecular weight excluding hydrogens is 405 g/mol. The monoisotopic (exact) mass is 429 g/mol. The first kappa shape index (κ1) is 20.4. The normalized spacial score (nSPS) is 20.0. The highest BCUT2D eigenvalue weighted by molar-refractivity contribution is 9.10. The maximum atomic E-state index is 12.7. The van der Waals surface area contributed by atoms with Gasteiger partial charge in [-0.25, -0.2) is 4.79 Å². The fourth-order valence-electron chi connectivity index (χ4n) is 3.23. The van der Waals surface area contributed by atoms with E-state index in [1.54, 1.807) is 24.3 Å². The summed E-state index contributed by atoms with van der Waals surface area (Å²) in [5, 5.41) is 9.41. The minimum absolute atomic E-state index is 0.0905. The van der Waals surface area contributed by atoms with Crippen molar-refractivity contribution in [2.75, 3.05) is 6.16 Å². The molecule has 1 aliphatic rings. The highest BCUT2D eigenvalue weighted by atomic mass is 79.9. The van der Waals surface area contributed by atoms with Gasteiger partial charge in [0, 0.05) is 10.0 Å². The molecule has 7 heteroatoms. The lowest BCUT2D eigenvalue weighted by Crippen LogP contribution is -2.27. The average Bonchev–Trinajstić information content (AvgIpc) is 2.57. The second-order valence-corrected chi connectivity index (χ2v) is 10.2. The molecule has 0 spiro atoms. The number of halogens is 1. The molecule has 0 bridgehead atoms. The van der Waals surface area contributed by atoms with Crippen molar-refractivity contribution >= 4 is 35.3 Å². The Morgan fingerprint density at radius 1 is 1.28 bits per heavy atom. The Labute approximate surface area is 156 Å². The van der Waals surface area contributed by atoms with Crippen LogP contribution >= 0.6 is 23.3 Å². The minimum atomic E-state index is -3.79. The Morgan fingerprint density at radius 2 is 1.88 bits per heavy atom. The molecule has 25 heavy (non-hydrogen) atoms. The SMILES string of the molecule is NC(CC1CCCCC1)P(=O)(O)C/C(=C\c1ccc(Br)cc1)C(=O)O. The molecule has 2 atom stereocenters. The van der Waals surface area contributed by atoms with Crippen molar-refractivity contribution in [1.82, 2.24) is 0 Å². The van der Waals surface area contributed by atoms with Crippen LogP contribution in [0, 0.1) is 5.92 Å². The van der Waals surface area contributed by atoms with Crippen LogP contribution in [0.1, 0.15) is 44.1 Å². The molecule has 1 saturated carbocycles. The number of nitrogens with two attached hydrogens (primary N) is 1. The van der Waals surface area contributed by atoms with Crippen LogP contribution in [0.3, 0.4) is 0 Å². The van der Waals surface area contributed by atoms with Crippen LogP contribution in [0.2, 0.25) is 0 Å². The molecule has 0 saturated heterocycles. The van der Waals surface area contributed by atoms with Gasteiger partial charge < -0.3 is 15.7 Å². The zero-order chi connectivity index (χ0) is 18.4. The van der Waals surface area contributed by atoms with Crippen LogP contribution in [0.4, 0.5) is 0 Å². The molecule has 0 amide bonds. The molecule has 1 aromatic carbocycles. The molecule has 0 heterocycles. The summed E-state index contributed by atoms with van der Waals surface area (Å²) in [6.07, 6.45) is 7.06. The minimum Gasteiger partial charge on any atom is -0.478 e. The van der Waals surface area contributed by atoms with Crippen molar-refractivity contribution in [1.29, 1.82) is 0 Å². The van der Waals surface area contributed by atoms with Crippen LogP contribution in [0.15, 0.2) is 34.3 Å². The van der Waals surface area contributed by atoms with Gasteiger partial charge in [0.05, 0.1) is 11.9 Å². The molecule has 1 aliphatic carbocycles. The predicted octanol–water partition coefficient (Wildman–Crippen LogP) is 4.44. The van der Waals surface area contributed by atoms with Gasteiger partial charge in [0.1, 0.15) is 0 Å². The van der Waals surface area contributed by atoms with E-state index in [2.05, 4.69) is 15.9 Å². The Balaban J connectivity index is 2.09. The van der Waals surface area contributed by atoms with E-state index in [1.165, 1.54) is 12.5 Å². The maximum Gasteiger partial charge on any atom is 0.332 e. The quantitative estimate of drug-likeness (QED) is 0.439. The number of benzene rings is 1. The number of aliphatic carboxylic acids is 1. The average molecular weight is 430 g/mol. The van der Waals surface area contributed by atoms with E-state index in [0.29, 0.717) is 17.9 Å². The first-order valence-electron chi connectivity index (χ1n) is 8.54. The molecular formula is C18H25BrNO4P. The largest absolute Gasteiger partial charge is 0.478 e. The van der Waals surface area contributed by atoms with Gasteiger partial charge in [-0.3, -0.25) is 4.57 Å². The van der Waals surface area contributed by atoms with Crippen molar-refractivity contribution < 1.29 is 19.4 Å². The zero-order valence-electron chi connectivity index (χ0n) is 14.1. The summed E-state index contributed by atoms with van der Waals surface area (Å²) in [5.41, 5.74) is 6.58. The van der Waals surface area contributed by atoms with Gasteiger partial charge in [0.2, 0.25) is 7.37 Å². The highest BCUT2D eigenvalue weighted by Crippen LogP contribution is 2.49. The van der Waals surface area contributed by atoms with Crippen molar-refractivity contribution in [2.24, 2.45) is 11.7 Å². The van der Waals surface area contributed by atoms with E-state index < -0.39 is 25.3 Å². The van der Waals surface area contributed by atoms with Gasteiger partial charge in [0.15, 0.2) is 0 Å². The number of hydrogen-bond acceptors (Lipinski definition) is 3. The second kappa shape index (κ2) is 9.13. The van der Waals surface area contributed by atoms with Gasteiger partial charge in [-0.2, -0.15) is 0 Å². The summed E-state index contributed by atoms with van der Waals surface area (Å²) in [6, 6.07) is 7.08. The van der Waals surface area contributed by atoms with Crippen molar-refractivity contribution in [3.8, 4) is 0 Å². The lowest BCUT2D eigenvalue weighted by molar-refractivity contribution is -0.132. The topological polar surface area (TPSA) is 101 Å². The molecule has 5 nitrogen and oxygen atoms in total. The fourth-order valence-corrected chi connectivity index (χ4v) is 5.07. The summed E-state index contributed by atoms with van der Waals surface area (Å²) >= 11 is 3.32. The van der Waals surface area contributed by atoms with Gasteiger partial charge in [-0.1, -0.05) is 60.2 Å². The number of carbonyl (C=O) groups is 1. The van der Waals surface area contributed by atoms with Crippen molar-refractivity contribution in [3.05, 3.63) is 39.9 Å². The first-order valence-corrected chi connectivity index (χ1v) is 11.2. The Bertz CT molecular complexity index is 668. The third-order valence-corrected chi connectivity index (χ3v) is 7.27. The standard InChI is InChI=1S/C18H25BrNO4P/c19-16-8-6-14(7-9-16)10-15(18(21)22)12-25(23,24)17(20)11-13-4-2-1-3-5-13/h6-10,13,17H,1-5,11-12,20H2,(H,21,22)(H,23,24)/b15-10+. The van der Waals surface area contributed by atoms with Crippen LogP contribution in [-0.4, -0.2) is 27.9 Å². The van der Waals surface area contributed by atoms with E-state index in [9.17, 15) is 19.4 Å². The lowest BCUT2D eigenvalue weighted by Gasteiger charge is -2.27. The summed E-state index contributed by atoms with van der Waals surface area (Å²) in [6.45, 7) is 0. The summed E-state index contributed by atoms with van der Waals surface area (Å²) in [5.74, 6) is -1.70. The van der Waals surface area contributed by atoms with Crippen LogP contribution in [0.5, 0.6) is 0 Å². The Morgan fingerprint density at radius 3 is 2.44 bits per heavy atom. The molecule has 1 aromatic rings. The smallest absolute Gasteiger partial charge is 0.332 e. The molecule has 2 unspecified atom stereocenters. The van der Waals surface area contributed by atoms with Crippen LogP contribution < -0.4 is 5.73 Å². The van der Waals surface area contributed by atoms with E-state index in [0.717, 1.165) is 30.2 Å². The molecule has 4 N–H and O–H groups in total. The van der Waals surface area contributed by atoms with Crippen LogP contribution in [-0.2, 0) is 9.36 Å². The fraction of sp³-hybridized carbons (Fsp3) is 0.500. The van der Waals surface area contributed by atoms with Gasteiger partial charge in [0.25, 0.3) is 0 Å². The van der Waals surface area contributed by atoms with Crippen LogP contribution in [0.25, 0.3) is 6.08 Å². The highest BCUT2D eigenvalue weighted by Gasteiger charge is 2.32. The van der Waals surface area contributed by atoms with Gasteiger partial charge >= 0.3 is 5.97 Å². The zero-order valence-corrected chi connectivity index (χ0v) is 16.6. The van der Waals surface area contributed by atoms with Crippen molar-refractivity contribution in [3.63, 3.8) is 0 Å². The molecule has 0 radical (unpaired) electrons. The maximum absolute atomic E-state index is 12.7. The number of rotatable bonds is 7. The van der Waals surface area contributed by atoms with E-state index in [4.69, 9.17) is 5.73 Å². The number of hydrogen-bond donors (Lipinski definition) is 3. The summed E-state index contributed by atoms with van der Waals surface area (Å²) in [4.78, 5) is 21.9. The Hall–Kier alpha value is -0.940. The first-order chi connectivity index (χ1) is 11.8. The van der Waals surface area contributed by atoms with Gasteiger partial charge in [-0.15, -0.1) is 0 Å². The number of carboxylic acids is 1. The third kappa shape index (κ3) is 6.37. The number of carboxylic acid groups (broad SMARTS) is 1. The van der Waals surface area contributed by atoms with Crippen molar-refractivity contribution in [2.45, 2.75) is 44.3 Å². The van der Waals surface area contributed by atoms with E-state index in [1.807, 2.05) is 0 Å². The summed E-state index contributed by atoms with van der Waals surface area (Å²) < 4.78 is 13.5. The molecule has 1 fully saturated rings. The third-order valence-electron chi connectivity index (χ3n) is 4.70. The second-order valence-electron chi connectivity index (χ2n) is 6.75. The summed E-state index contributed by atoms with van der Waals surface area (Å²) in [7, 11) is -3.79. The van der Waals surface area contributed by atoms with Gasteiger partial charge in [-0.05, 0) is 36.1 Å².